The van der Waals surface area contributed by atoms with Crippen molar-refractivity contribution in [3.8, 4) is 11.5 Å². The van der Waals surface area contributed by atoms with Gasteiger partial charge in [0, 0.05) is 6.26 Å². The number of benzene rings is 1. The highest BCUT2D eigenvalue weighted by atomic mass is 32.2. The molecule has 1 aromatic rings. The van der Waals surface area contributed by atoms with E-state index in [1.54, 1.807) is 0 Å². The molecule has 1 saturated heterocycles. The van der Waals surface area contributed by atoms with Crippen molar-refractivity contribution in [3.05, 3.63) is 17.7 Å². The Morgan fingerprint density at radius 3 is 2.90 bits per heavy atom. The molecule has 1 unspecified atom stereocenters. The molecule has 1 N–H and O–H groups in total. The maximum absolute atomic E-state index is 12.1. The molecule has 3 rings (SSSR count). The SMILES string of the molecule is CS(=O)(=O)c1c(CC2CCCNC2)ccc2c1OCO2. The number of fused-ring (bicyclic) bond motifs is 1. The van der Waals surface area contributed by atoms with Gasteiger partial charge in [0.25, 0.3) is 0 Å². The molecule has 2 aliphatic rings. The van der Waals surface area contributed by atoms with Gasteiger partial charge in [0.15, 0.2) is 21.3 Å². The van der Waals surface area contributed by atoms with E-state index in [4.69, 9.17) is 9.47 Å². The summed E-state index contributed by atoms with van der Waals surface area (Å²) in [4.78, 5) is 0.304. The minimum atomic E-state index is -3.33. The van der Waals surface area contributed by atoms with Gasteiger partial charge in [0.05, 0.1) is 0 Å². The lowest BCUT2D eigenvalue weighted by atomic mass is 9.92. The Morgan fingerprint density at radius 1 is 1.35 bits per heavy atom. The molecule has 110 valence electrons. The summed E-state index contributed by atoms with van der Waals surface area (Å²) in [6.07, 6.45) is 4.26. The largest absolute Gasteiger partial charge is 0.454 e. The monoisotopic (exact) mass is 297 g/mol. The maximum atomic E-state index is 12.1. The van der Waals surface area contributed by atoms with Crippen molar-refractivity contribution < 1.29 is 17.9 Å². The number of sulfone groups is 1. The highest BCUT2D eigenvalue weighted by Gasteiger charge is 2.28. The van der Waals surface area contributed by atoms with Crippen LogP contribution in [0.5, 0.6) is 11.5 Å². The molecule has 1 atom stereocenters. The van der Waals surface area contributed by atoms with Crippen LogP contribution in [-0.2, 0) is 16.3 Å². The summed E-state index contributed by atoms with van der Waals surface area (Å²) < 4.78 is 34.9. The molecule has 2 aliphatic heterocycles. The summed E-state index contributed by atoms with van der Waals surface area (Å²) in [6.45, 7) is 2.08. The van der Waals surface area contributed by atoms with Gasteiger partial charge in [-0.2, -0.15) is 0 Å². The first-order chi connectivity index (χ1) is 9.55. The van der Waals surface area contributed by atoms with Crippen molar-refractivity contribution in [2.75, 3.05) is 26.1 Å². The van der Waals surface area contributed by atoms with Crippen LogP contribution in [0.15, 0.2) is 17.0 Å². The number of nitrogens with one attached hydrogen (secondary N) is 1. The lowest BCUT2D eigenvalue weighted by Gasteiger charge is -2.23. The van der Waals surface area contributed by atoms with Crippen molar-refractivity contribution in [1.29, 1.82) is 0 Å². The van der Waals surface area contributed by atoms with Crippen molar-refractivity contribution in [3.63, 3.8) is 0 Å². The van der Waals surface area contributed by atoms with E-state index in [9.17, 15) is 8.42 Å². The minimum absolute atomic E-state index is 0.0896. The second-order valence-corrected chi connectivity index (χ2v) is 7.43. The highest BCUT2D eigenvalue weighted by Crippen LogP contribution is 2.41. The Bertz CT molecular complexity index is 606. The highest BCUT2D eigenvalue weighted by molar-refractivity contribution is 7.90. The summed E-state index contributed by atoms with van der Waals surface area (Å²) >= 11 is 0. The average molecular weight is 297 g/mol. The fraction of sp³-hybridized carbons (Fsp3) is 0.571. The molecular weight excluding hydrogens is 278 g/mol. The van der Waals surface area contributed by atoms with Crippen LogP contribution in [0.2, 0.25) is 0 Å². The van der Waals surface area contributed by atoms with E-state index in [-0.39, 0.29) is 6.79 Å². The van der Waals surface area contributed by atoms with Crippen LogP contribution in [0, 0.1) is 5.92 Å². The van der Waals surface area contributed by atoms with Gasteiger partial charge in [-0.15, -0.1) is 0 Å². The number of rotatable bonds is 3. The van der Waals surface area contributed by atoms with Crippen LogP contribution >= 0.6 is 0 Å². The van der Waals surface area contributed by atoms with Gasteiger partial charge in [-0.25, -0.2) is 8.42 Å². The standard InChI is InChI=1S/C14H19NO4S/c1-20(16,17)14-11(7-10-3-2-6-15-8-10)4-5-12-13(14)19-9-18-12/h4-5,10,15H,2-3,6-9H2,1H3. The van der Waals surface area contributed by atoms with Crippen molar-refractivity contribution in [1.82, 2.24) is 5.32 Å². The lowest BCUT2D eigenvalue weighted by Crippen LogP contribution is -2.31. The number of ether oxygens (including phenoxy) is 2. The second-order valence-electron chi connectivity index (χ2n) is 5.48. The predicted octanol–water partition coefficient (Wildman–Crippen LogP) is 1.36. The Balaban J connectivity index is 1.98. The van der Waals surface area contributed by atoms with Crippen LogP contribution in [0.4, 0.5) is 0 Å². The first-order valence-electron chi connectivity index (χ1n) is 6.88. The molecular formula is C14H19NO4S. The van der Waals surface area contributed by atoms with E-state index in [1.165, 1.54) is 6.26 Å². The molecule has 0 saturated carbocycles. The van der Waals surface area contributed by atoms with Gasteiger partial charge in [0.1, 0.15) is 4.90 Å². The van der Waals surface area contributed by atoms with Gasteiger partial charge in [-0.3, -0.25) is 0 Å². The number of hydrogen-bond donors (Lipinski definition) is 1. The predicted molar refractivity (Wildman–Crippen MR) is 75.0 cm³/mol. The third-order valence-corrected chi connectivity index (χ3v) is 5.04. The van der Waals surface area contributed by atoms with Crippen LogP contribution in [0.1, 0.15) is 18.4 Å². The second kappa shape index (κ2) is 5.26. The lowest BCUT2D eigenvalue weighted by molar-refractivity contribution is 0.172. The molecule has 0 aromatic heterocycles. The molecule has 0 amide bonds. The fourth-order valence-corrected chi connectivity index (χ4v) is 4.09. The van der Waals surface area contributed by atoms with Crippen LogP contribution in [-0.4, -0.2) is 34.6 Å². The zero-order chi connectivity index (χ0) is 14.2. The third-order valence-electron chi connectivity index (χ3n) is 3.85. The normalized spacial score (nSPS) is 21.9. The quantitative estimate of drug-likeness (QED) is 0.912. The molecule has 0 radical (unpaired) electrons. The summed E-state index contributed by atoms with van der Waals surface area (Å²) in [5, 5.41) is 3.36. The third kappa shape index (κ3) is 2.62. The van der Waals surface area contributed by atoms with Crippen LogP contribution in [0.25, 0.3) is 0 Å². The van der Waals surface area contributed by atoms with E-state index >= 15 is 0 Å². The Kier molecular flexibility index (Phi) is 3.60. The maximum Gasteiger partial charge on any atom is 0.231 e. The Morgan fingerprint density at radius 2 is 2.20 bits per heavy atom. The number of hydrogen-bond acceptors (Lipinski definition) is 5. The minimum Gasteiger partial charge on any atom is -0.454 e. The molecule has 5 nitrogen and oxygen atoms in total. The van der Waals surface area contributed by atoms with E-state index < -0.39 is 9.84 Å². The first kappa shape index (κ1) is 13.7. The summed E-state index contributed by atoms with van der Waals surface area (Å²) in [7, 11) is -3.33. The molecule has 1 fully saturated rings. The Labute approximate surface area is 119 Å². The van der Waals surface area contributed by atoms with E-state index in [2.05, 4.69) is 5.32 Å². The zero-order valence-electron chi connectivity index (χ0n) is 11.5. The van der Waals surface area contributed by atoms with Gasteiger partial charge in [0.2, 0.25) is 6.79 Å². The summed E-state index contributed by atoms with van der Waals surface area (Å²) in [5.41, 5.74) is 0.838. The summed E-state index contributed by atoms with van der Waals surface area (Å²) in [6, 6.07) is 3.67. The van der Waals surface area contributed by atoms with Crippen LogP contribution < -0.4 is 14.8 Å². The molecule has 1 aromatic carbocycles. The van der Waals surface area contributed by atoms with Gasteiger partial charge >= 0.3 is 0 Å². The zero-order valence-corrected chi connectivity index (χ0v) is 12.3. The smallest absolute Gasteiger partial charge is 0.231 e. The molecule has 6 heteroatoms. The molecule has 0 bridgehead atoms. The summed E-state index contributed by atoms with van der Waals surface area (Å²) in [5.74, 6) is 1.38. The molecule has 0 aliphatic carbocycles. The topological polar surface area (TPSA) is 64.6 Å². The fourth-order valence-electron chi connectivity index (χ4n) is 2.96. The van der Waals surface area contributed by atoms with E-state index in [0.29, 0.717) is 22.3 Å². The van der Waals surface area contributed by atoms with Gasteiger partial charge in [-0.05, 0) is 49.9 Å². The van der Waals surface area contributed by atoms with Gasteiger partial charge in [-0.1, -0.05) is 6.07 Å². The molecule has 20 heavy (non-hydrogen) atoms. The molecule has 2 heterocycles. The van der Waals surface area contributed by atoms with Crippen molar-refractivity contribution >= 4 is 9.84 Å². The van der Waals surface area contributed by atoms with Crippen molar-refractivity contribution in [2.24, 2.45) is 5.92 Å². The molecule has 0 spiro atoms. The van der Waals surface area contributed by atoms with E-state index in [0.717, 1.165) is 37.9 Å². The average Bonchev–Trinajstić information content (AvgIpc) is 2.86. The van der Waals surface area contributed by atoms with Crippen molar-refractivity contribution in [2.45, 2.75) is 24.2 Å². The first-order valence-corrected chi connectivity index (χ1v) is 8.77. The van der Waals surface area contributed by atoms with Gasteiger partial charge < -0.3 is 14.8 Å². The van der Waals surface area contributed by atoms with E-state index in [1.807, 2.05) is 12.1 Å². The number of piperidine rings is 1. The Hall–Kier alpha value is -1.27. The van der Waals surface area contributed by atoms with Crippen LogP contribution in [0.3, 0.4) is 0 Å².